The lowest BCUT2D eigenvalue weighted by atomic mass is 10.1. The molecule has 2 heterocycles. The molecule has 0 aliphatic heterocycles. The van der Waals surface area contributed by atoms with Gasteiger partial charge in [0.2, 0.25) is 5.89 Å². The molecule has 0 aliphatic rings. The Morgan fingerprint density at radius 1 is 1.19 bits per heavy atom. The highest BCUT2D eigenvalue weighted by Crippen LogP contribution is 2.34. The molecule has 1 atom stereocenters. The normalized spacial score (nSPS) is 12.1. The van der Waals surface area contributed by atoms with Crippen molar-refractivity contribution in [2.24, 2.45) is 0 Å². The van der Waals surface area contributed by atoms with Crippen LogP contribution in [0.2, 0.25) is 0 Å². The second-order valence-corrected chi connectivity index (χ2v) is 8.46. The minimum Gasteiger partial charge on any atom is -0.465 e. The molecule has 0 N–H and O–H groups in total. The maximum atomic E-state index is 13.4. The second kappa shape index (κ2) is 9.35. The molecule has 0 saturated heterocycles. The number of esters is 1. The molecule has 0 bridgehead atoms. The Balaban J connectivity index is 1.83. The second-order valence-electron chi connectivity index (χ2n) is 7.15. The molecule has 0 saturated carbocycles. The number of para-hydroxylation sites is 1. The standard InChI is InChI=1S/C23H22N4O4S/c1-4-8-19-25-20(31-26-19)14(2)32-23-24-18-13-15(22(29)30-3)11-12-17(18)21(28)27(23)16-9-6-5-7-10-16/h5-7,9-14H,4,8H2,1-3H3/t14-/m1/s1. The fraction of sp³-hybridized carbons (Fsp3) is 0.261. The number of methoxy groups -OCH3 is 1. The largest absolute Gasteiger partial charge is 0.465 e. The van der Waals surface area contributed by atoms with E-state index in [-0.39, 0.29) is 10.8 Å². The van der Waals surface area contributed by atoms with E-state index in [1.165, 1.54) is 18.9 Å². The molecule has 32 heavy (non-hydrogen) atoms. The van der Waals surface area contributed by atoms with Gasteiger partial charge in [-0.3, -0.25) is 9.36 Å². The van der Waals surface area contributed by atoms with Gasteiger partial charge in [-0.15, -0.1) is 0 Å². The van der Waals surface area contributed by atoms with Gasteiger partial charge in [0, 0.05) is 6.42 Å². The van der Waals surface area contributed by atoms with Gasteiger partial charge in [0.1, 0.15) is 0 Å². The van der Waals surface area contributed by atoms with E-state index in [2.05, 4.69) is 10.1 Å². The lowest BCUT2D eigenvalue weighted by Crippen LogP contribution is -2.22. The van der Waals surface area contributed by atoms with Gasteiger partial charge in [0.15, 0.2) is 11.0 Å². The molecular formula is C23H22N4O4S. The zero-order valence-electron chi connectivity index (χ0n) is 17.9. The quantitative estimate of drug-likeness (QED) is 0.233. The van der Waals surface area contributed by atoms with Crippen LogP contribution in [-0.2, 0) is 11.2 Å². The number of aryl methyl sites for hydroxylation is 1. The maximum absolute atomic E-state index is 13.4. The van der Waals surface area contributed by atoms with Gasteiger partial charge in [-0.05, 0) is 43.7 Å². The summed E-state index contributed by atoms with van der Waals surface area (Å²) in [5, 5.41) is 4.64. The van der Waals surface area contributed by atoms with E-state index in [4.69, 9.17) is 14.2 Å². The summed E-state index contributed by atoms with van der Waals surface area (Å²) in [6, 6.07) is 14.0. The number of aromatic nitrogens is 4. The van der Waals surface area contributed by atoms with E-state index in [0.29, 0.717) is 39.0 Å². The number of carbonyl (C=O) groups excluding carboxylic acids is 1. The number of nitrogens with zero attached hydrogens (tertiary/aromatic N) is 4. The summed E-state index contributed by atoms with van der Waals surface area (Å²) in [4.78, 5) is 34.6. The van der Waals surface area contributed by atoms with Gasteiger partial charge in [-0.2, -0.15) is 4.98 Å². The SMILES string of the molecule is CCCc1noc([C@@H](C)Sc2nc3cc(C(=O)OC)ccc3c(=O)n2-c2ccccc2)n1. The monoisotopic (exact) mass is 450 g/mol. The van der Waals surface area contributed by atoms with Gasteiger partial charge in [-0.25, -0.2) is 9.78 Å². The molecule has 4 aromatic rings. The van der Waals surface area contributed by atoms with E-state index >= 15 is 0 Å². The van der Waals surface area contributed by atoms with Gasteiger partial charge in [0.25, 0.3) is 5.56 Å². The van der Waals surface area contributed by atoms with Crippen LogP contribution in [0, 0.1) is 0 Å². The van der Waals surface area contributed by atoms with Crippen LogP contribution >= 0.6 is 11.8 Å². The van der Waals surface area contributed by atoms with Gasteiger partial charge in [-0.1, -0.05) is 42.0 Å². The van der Waals surface area contributed by atoms with Crippen molar-refractivity contribution in [1.82, 2.24) is 19.7 Å². The highest BCUT2D eigenvalue weighted by molar-refractivity contribution is 7.99. The first-order chi connectivity index (χ1) is 15.5. The zero-order valence-corrected chi connectivity index (χ0v) is 18.8. The van der Waals surface area contributed by atoms with Crippen LogP contribution in [0.3, 0.4) is 0 Å². The molecule has 0 aliphatic carbocycles. The van der Waals surface area contributed by atoms with E-state index in [1.807, 2.05) is 44.2 Å². The third kappa shape index (κ3) is 4.29. The highest BCUT2D eigenvalue weighted by Gasteiger charge is 2.21. The van der Waals surface area contributed by atoms with E-state index in [9.17, 15) is 9.59 Å². The van der Waals surface area contributed by atoms with E-state index in [1.54, 1.807) is 22.8 Å². The Morgan fingerprint density at radius 2 is 1.97 bits per heavy atom. The van der Waals surface area contributed by atoms with Crippen LogP contribution in [0.1, 0.15) is 47.6 Å². The zero-order chi connectivity index (χ0) is 22.7. The molecule has 2 aromatic heterocycles. The lowest BCUT2D eigenvalue weighted by Gasteiger charge is -2.15. The number of rotatable bonds is 7. The van der Waals surface area contributed by atoms with Crippen LogP contribution in [0.25, 0.3) is 16.6 Å². The van der Waals surface area contributed by atoms with Crippen molar-refractivity contribution < 1.29 is 14.1 Å². The van der Waals surface area contributed by atoms with Crippen molar-refractivity contribution in [3.05, 3.63) is 76.2 Å². The molecular weight excluding hydrogens is 428 g/mol. The summed E-state index contributed by atoms with van der Waals surface area (Å²) in [6.45, 7) is 3.97. The highest BCUT2D eigenvalue weighted by atomic mass is 32.2. The van der Waals surface area contributed by atoms with Crippen LogP contribution in [0.4, 0.5) is 0 Å². The third-order valence-electron chi connectivity index (χ3n) is 4.86. The Hall–Kier alpha value is -3.46. The summed E-state index contributed by atoms with van der Waals surface area (Å²) in [5.41, 5.74) is 1.20. The first kappa shape index (κ1) is 21.8. The molecule has 9 heteroatoms. The molecule has 0 fully saturated rings. The van der Waals surface area contributed by atoms with Gasteiger partial charge < -0.3 is 9.26 Å². The van der Waals surface area contributed by atoms with Crippen LogP contribution in [-0.4, -0.2) is 32.8 Å². The summed E-state index contributed by atoms with van der Waals surface area (Å²) < 4.78 is 11.8. The van der Waals surface area contributed by atoms with Crippen LogP contribution in [0.15, 0.2) is 63.0 Å². The van der Waals surface area contributed by atoms with Crippen molar-refractivity contribution in [3.8, 4) is 5.69 Å². The Morgan fingerprint density at radius 3 is 2.69 bits per heavy atom. The summed E-state index contributed by atoms with van der Waals surface area (Å²) in [5.74, 6) is 0.637. The Kier molecular flexibility index (Phi) is 6.36. The number of hydrogen-bond acceptors (Lipinski definition) is 8. The van der Waals surface area contributed by atoms with Crippen LogP contribution in [0.5, 0.6) is 0 Å². The first-order valence-electron chi connectivity index (χ1n) is 10.2. The topological polar surface area (TPSA) is 100 Å². The minimum atomic E-state index is -0.488. The van der Waals surface area contributed by atoms with Crippen molar-refractivity contribution in [2.45, 2.75) is 37.1 Å². The van der Waals surface area contributed by atoms with Crippen molar-refractivity contribution in [2.75, 3.05) is 7.11 Å². The molecule has 164 valence electrons. The summed E-state index contributed by atoms with van der Waals surface area (Å²) in [7, 11) is 1.31. The number of ether oxygens (including phenoxy) is 1. The summed E-state index contributed by atoms with van der Waals surface area (Å²) >= 11 is 1.34. The molecule has 4 rings (SSSR count). The number of thioether (sulfide) groups is 1. The third-order valence-corrected chi connectivity index (χ3v) is 5.90. The van der Waals surface area contributed by atoms with Crippen LogP contribution < -0.4 is 5.56 Å². The van der Waals surface area contributed by atoms with Gasteiger partial charge in [0.05, 0.1) is 34.5 Å². The number of hydrogen-bond donors (Lipinski definition) is 0. The average Bonchev–Trinajstić information content (AvgIpc) is 3.28. The van der Waals surface area contributed by atoms with Crippen molar-refractivity contribution >= 4 is 28.6 Å². The molecule has 0 spiro atoms. The number of benzene rings is 2. The van der Waals surface area contributed by atoms with Crippen molar-refractivity contribution in [3.63, 3.8) is 0 Å². The Bertz CT molecular complexity index is 1320. The fourth-order valence-corrected chi connectivity index (χ4v) is 4.22. The molecule has 8 nitrogen and oxygen atoms in total. The number of carbonyl (C=O) groups is 1. The van der Waals surface area contributed by atoms with E-state index < -0.39 is 5.97 Å². The number of fused-ring (bicyclic) bond motifs is 1. The molecule has 0 amide bonds. The minimum absolute atomic E-state index is 0.232. The molecule has 0 unspecified atom stereocenters. The Labute approximate surface area is 188 Å². The summed E-state index contributed by atoms with van der Waals surface area (Å²) in [6.07, 6.45) is 1.66. The smallest absolute Gasteiger partial charge is 0.337 e. The average molecular weight is 451 g/mol. The first-order valence-corrected chi connectivity index (χ1v) is 11.1. The van der Waals surface area contributed by atoms with Crippen molar-refractivity contribution in [1.29, 1.82) is 0 Å². The molecule has 2 aromatic carbocycles. The van der Waals surface area contributed by atoms with E-state index in [0.717, 1.165) is 12.8 Å². The fourth-order valence-electron chi connectivity index (χ4n) is 3.26. The molecule has 0 radical (unpaired) electrons. The maximum Gasteiger partial charge on any atom is 0.337 e. The lowest BCUT2D eigenvalue weighted by molar-refractivity contribution is 0.0601. The predicted octanol–water partition coefficient (Wildman–Crippen LogP) is 4.36. The van der Waals surface area contributed by atoms with Gasteiger partial charge >= 0.3 is 5.97 Å². The predicted molar refractivity (Wildman–Crippen MR) is 121 cm³/mol.